The number of hydrogen-bond donors (Lipinski definition) is 0. The minimum atomic E-state index is -0.625. The number of nitrogens with zero attached hydrogens (tertiary/aromatic N) is 1. The molecule has 1 rings (SSSR count). The Kier molecular flexibility index (Phi) is 2.24. The maximum Gasteiger partial charge on any atom is 0.117 e. The lowest BCUT2D eigenvalue weighted by Gasteiger charge is -2.27. The molecule has 1 aliphatic heterocycles. The molecule has 11 heavy (non-hydrogen) atoms. The Bertz CT molecular complexity index is 139. The van der Waals surface area contributed by atoms with E-state index in [0.29, 0.717) is 6.54 Å². The van der Waals surface area contributed by atoms with Gasteiger partial charge in [0.1, 0.15) is 6.17 Å². The van der Waals surface area contributed by atoms with Crippen LogP contribution in [0.3, 0.4) is 0 Å². The van der Waals surface area contributed by atoms with E-state index in [1.54, 1.807) is 0 Å². The van der Waals surface area contributed by atoms with Crippen molar-refractivity contribution in [2.45, 2.75) is 26.9 Å². The van der Waals surface area contributed by atoms with Crippen LogP contribution < -0.4 is 0 Å². The van der Waals surface area contributed by atoms with Gasteiger partial charge in [0.2, 0.25) is 0 Å². The Balaban J connectivity index is 2.60. The molecule has 0 radical (unpaired) electrons. The summed E-state index contributed by atoms with van der Waals surface area (Å²) in [7, 11) is 1.98. The van der Waals surface area contributed by atoms with Gasteiger partial charge >= 0.3 is 0 Å². The molecule has 1 saturated heterocycles. The highest BCUT2D eigenvalue weighted by molar-refractivity contribution is 4.89. The molecule has 0 aromatic heterocycles. The Labute approximate surface area is 68.6 Å². The largest absolute Gasteiger partial charge is 0.303 e. The average molecular weight is 159 g/mol. The smallest absolute Gasteiger partial charge is 0.117 e. The van der Waals surface area contributed by atoms with Crippen molar-refractivity contribution in [3.8, 4) is 0 Å². The summed E-state index contributed by atoms with van der Waals surface area (Å²) in [6, 6.07) is 0. The molecule has 0 aliphatic carbocycles. The van der Waals surface area contributed by atoms with E-state index in [2.05, 4.69) is 25.7 Å². The van der Waals surface area contributed by atoms with E-state index in [9.17, 15) is 4.39 Å². The third-order valence-corrected chi connectivity index (χ3v) is 2.54. The van der Waals surface area contributed by atoms with Crippen LogP contribution in [0.15, 0.2) is 0 Å². The summed E-state index contributed by atoms with van der Waals surface area (Å²) in [5.74, 6) is 0.215. The van der Waals surface area contributed by atoms with Gasteiger partial charge in [-0.25, -0.2) is 4.39 Å². The van der Waals surface area contributed by atoms with Crippen LogP contribution in [0, 0.1) is 11.3 Å². The van der Waals surface area contributed by atoms with Crippen LogP contribution in [0.2, 0.25) is 0 Å². The van der Waals surface area contributed by atoms with E-state index in [1.165, 1.54) is 0 Å². The molecule has 0 N–H and O–H groups in total. The molecule has 0 aromatic carbocycles. The van der Waals surface area contributed by atoms with Crippen LogP contribution >= 0.6 is 0 Å². The van der Waals surface area contributed by atoms with Gasteiger partial charge in [-0.05, 0) is 12.5 Å². The average Bonchev–Trinajstić information content (AvgIpc) is 2.08. The lowest BCUT2D eigenvalue weighted by atomic mass is 9.79. The molecule has 0 bridgehead atoms. The number of halogens is 1. The highest BCUT2D eigenvalue weighted by Gasteiger charge is 2.38. The van der Waals surface area contributed by atoms with Crippen LogP contribution in [0.4, 0.5) is 4.39 Å². The zero-order valence-corrected chi connectivity index (χ0v) is 7.89. The van der Waals surface area contributed by atoms with Crippen molar-refractivity contribution in [3.63, 3.8) is 0 Å². The summed E-state index contributed by atoms with van der Waals surface area (Å²) < 4.78 is 13.3. The van der Waals surface area contributed by atoms with Gasteiger partial charge in [0.05, 0.1) is 0 Å². The normalized spacial score (nSPS) is 34.6. The summed E-state index contributed by atoms with van der Waals surface area (Å²) in [5, 5.41) is 0. The van der Waals surface area contributed by atoms with Crippen LogP contribution in [0.1, 0.15) is 20.8 Å². The predicted octanol–water partition coefficient (Wildman–Crippen LogP) is 1.93. The lowest BCUT2D eigenvalue weighted by molar-refractivity contribution is 0.159. The number of hydrogen-bond acceptors (Lipinski definition) is 1. The molecular weight excluding hydrogens is 141 g/mol. The summed E-state index contributed by atoms with van der Waals surface area (Å²) in [4.78, 5) is 2.07. The molecular formula is C9H18FN. The molecule has 1 nitrogen and oxygen atoms in total. The van der Waals surface area contributed by atoms with E-state index in [4.69, 9.17) is 0 Å². The van der Waals surface area contributed by atoms with Crippen molar-refractivity contribution >= 4 is 0 Å². The molecule has 2 heteroatoms. The van der Waals surface area contributed by atoms with E-state index < -0.39 is 6.17 Å². The van der Waals surface area contributed by atoms with Gasteiger partial charge in [0, 0.05) is 19.0 Å². The van der Waals surface area contributed by atoms with Gasteiger partial charge in [0.25, 0.3) is 0 Å². The predicted molar refractivity (Wildman–Crippen MR) is 45.3 cm³/mol. The van der Waals surface area contributed by atoms with Crippen LogP contribution in [0.5, 0.6) is 0 Å². The molecule has 0 spiro atoms. The zero-order chi connectivity index (χ0) is 8.65. The van der Waals surface area contributed by atoms with Crippen molar-refractivity contribution in [2.24, 2.45) is 11.3 Å². The number of rotatable bonds is 0. The minimum absolute atomic E-state index is 0.115. The molecule has 1 fully saturated rings. The van der Waals surface area contributed by atoms with Gasteiger partial charge in [-0.15, -0.1) is 0 Å². The maximum absolute atomic E-state index is 13.3. The standard InChI is InChI=1S/C9H18FN/c1-9(2,3)7-5-11(4)6-8(7)10/h7-8H,5-6H2,1-4H3/t7-,8+/m0/s1. The van der Waals surface area contributed by atoms with Crippen LogP contribution in [0.25, 0.3) is 0 Å². The molecule has 0 saturated carbocycles. The van der Waals surface area contributed by atoms with Crippen molar-refractivity contribution < 1.29 is 4.39 Å². The molecule has 1 aliphatic rings. The highest BCUT2D eigenvalue weighted by Crippen LogP contribution is 2.34. The van der Waals surface area contributed by atoms with E-state index in [-0.39, 0.29) is 11.3 Å². The highest BCUT2D eigenvalue weighted by atomic mass is 19.1. The fourth-order valence-corrected chi connectivity index (χ4v) is 1.77. The van der Waals surface area contributed by atoms with E-state index in [0.717, 1.165) is 6.54 Å². The summed E-state index contributed by atoms with van der Waals surface area (Å²) >= 11 is 0. The Morgan fingerprint density at radius 3 is 2.00 bits per heavy atom. The number of likely N-dealkylation sites (tertiary alicyclic amines) is 1. The topological polar surface area (TPSA) is 3.24 Å². The van der Waals surface area contributed by atoms with Crippen LogP contribution in [-0.2, 0) is 0 Å². The second-order valence-electron chi connectivity index (χ2n) is 4.71. The summed E-state index contributed by atoms with van der Waals surface area (Å²) in [6.07, 6.45) is -0.625. The van der Waals surface area contributed by atoms with Crippen molar-refractivity contribution in [1.82, 2.24) is 4.90 Å². The van der Waals surface area contributed by atoms with Crippen molar-refractivity contribution in [1.29, 1.82) is 0 Å². The van der Waals surface area contributed by atoms with Gasteiger partial charge in [0.15, 0.2) is 0 Å². The summed E-state index contributed by atoms with van der Waals surface area (Å²) in [5.41, 5.74) is 0.115. The Hall–Kier alpha value is -0.110. The third-order valence-electron chi connectivity index (χ3n) is 2.54. The monoisotopic (exact) mass is 159 g/mol. The first kappa shape index (κ1) is 8.98. The fraction of sp³-hybridized carbons (Fsp3) is 1.00. The Morgan fingerprint density at radius 1 is 1.27 bits per heavy atom. The first-order chi connectivity index (χ1) is 4.91. The quantitative estimate of drug-likeness (QED) is 0.522. The number of alkyl halides is 1. The SMILES string of the molecule is CN1C[C@@H](F)[C@@H](C(C)(C)C)C1. The Morgan fingerprint density at radius 2 is 1.82 bits per heavy atom. The van der Waals surface area contributed by atoms with E-state index >= 15 is 0 Å². The van der Waals surface area contributed by atoms with Gasteiger partial charge in [-0.3, -0.25) is 0 Å². The van der Waals surface area contributed by atoms with Crippen molar-refractivity contribution in [3.05, 3.63) is 0 Å². The molecule has 1 heterocycles. The molecule has 66 valence electrons. The first-order valence-corrected chi connectivity index (χ1v) is 4.24. The lowest BCUT2D eigenvalue weighted by Crippen LogP contribution is -2.28. The summed E-state index contributed by atoms with van der Waals surface area (Å²) in [6.45, 7) is 7.86. The third kappa shape index (κ3) is 1.92. The first-order valence-electron chi connectivity index (χ1n) is 4.24. The second-order valence-corrected chi connectivity index (χ2v) is 4.71. The van der Waals surface area contributed by atoms with Gasteiger partial charge < -0.3 is 4.90 Å². The maximum atomic E-state index is 13.3. The van der Waals surface area contributed by atoms with E-state index in [1.807, 2.05) is 7.05 Å². The molecule has 0 amide bonds. The minimum Gasteiger partial charge on any atom is -0.303 e. The van der Waals surface area contributed by atoms with Crippen molar-refractivity contribution in [2.75, 3.05) is 20.1 Å². The fourth-order valence-electron chi connectivity index (χ4n) is 1.77. The molecule has 0 unspecified atom stereocenters. The van der Waals surface area contributed by atoms with Gasteiger partial charge in [-0.2, -0.15) is 0 Å². The molecule has 2 atom stereocenters. The zero-order valence-electron chi connectivity index (χ0n) is 7.89. The second kappa shape index (κ2) is 2.74. The van der Waals surface area contributed by atoms with Crippen LogP contribution in [-0.4, -0.2) is 31.2 Å². The van der Waals surface area contributed by atoms with Gasteiger partial charge in [-0.1, -0.05) is 20.8 Å². The molecule has 0 aromatic rings.